The lowest BCUT2D eigenvalue weighted by Crippen LogP contribution is -2.45. The summed E-state index contributed by atoms with van der Waals surface area (Å²) in [5.74, 6) is 0.173. The van der Waals surface area contributed by atoms with E-state index in [2.05, 4.69) is 27.7 Å². The first kappa shape index (κ1) is 32.2. The zero-order valence-corrected chi connectivity index (χ0v) is 26.0. The Balaban J connectivity index is 1.39. The summed E-state index contributed by atoms with van der Waals surface area (Å²) in [5, 5.41) is 11.2. The molecule has 0 bridgehead atoms. The van der Waals surface area contributed by atoms with Crippen molar-refractivity contribution in [3.05, 3.63) is 118 Å². The molecule has 0 saturated carbocycles. The van der Waals surface area contributed by atoms with E-state index in [9.17, 15) is 9.59 Å². The second-order valence-electron chi connectivity index (χ2n) is 9.65. The smallest absolute Gasteiger partial charge is 0.338 e. The predicted octanol–water partition coefficient (Wildman–Crippen LogP) is 5.53. The summed E-state index contributed by atoms with van der Waals surface area (Å²) in [6.07, 6.45) is 3.91. The number of nitrogens with one attached hydrogen (secondary N) is 3. The van der Waals surface area contributed by atoms with Crippen LogP contribution in [0.1, 0.15) is 42.1 Å². The van der Waals surface area contributed by atoms with Gasteiger partial charge >= 0.3 is 5.97 Å². The van der Waals surface area contributed by atoms with Gasteiger partial charge in [0.1, 0.15) is 18.1 Å². The van der Waals surface area contributed by atoms with Gasteiger partial charge in [-0.15, -0.1) is 6.58 Å². The van der Waals surface area contributed by atoms with Crippen molar-refractivity contribution in [2.45, 2.75) is 32.9 Å². The lowest BCUT2D eigenvalue weighted by atomic mass is 9.95. The fraction of sp³-hybridized carbons (Fsp3) is 0.212. The van der Waals surface area contributed by atoms with Crippen LogP contribution in [0.25, 0.3) is 0 Å². The Morgan fingerprint density at radius 2 is 1.84 bits per heavy atom. The monoisotopic (exact) mass is 632 g/mol. The van der Waals surface area contributed by atoms with Crippen molar-refractivity contribution in [3.63, 3.8) is 0 Å². The molecule has 0 radical (unpaired) electrons. The van der Waals surface area contributed by atoms with Gasteiger partial charge in [0.2, 0.25) is 0 Å². The van der Waals surface area contributed by atoms with Crippen molar-refractivity contribution in [1.82, 2.24) is 16.1 Å². The highest BCUT2D eigenvalue weighted by molar-refractivity contribution is 7.80. The van der Waals surface area contributed by atoms with Crippen molar-refractivity contribution < 1.29 is 23.8 Å². The standard InChI is InChI=1S/C33H33ClN4O5S/c1-4-10-23-17-22(15-16-27(23)42-19-24-11-6-8-13-26(24)34)18-35-38-29(39)20-43-28-14-9-7-12-25(28)31-30(32(40)41-5-2)21(3)36-33(44)37-31/h4,6-9,11-18,31H,1,5,10,19-20H2,2-3H3,(H,38,39)(H2,36,37,44)/t31-/m0/s1. The van der Waals surface area contributed by atoms with Gasteiger partial charge in [0.15, 0.2) is 11.7 Å². The third-order valence-electron chi connectivity index (χ3n) is 6.55. The lowest BCUT2D eigenvalue weighted by Gasteiger charge is -2.30. The van der Waals surface area contributed by atoms with Crippen molar-refractivity contribution in [2.24, 2.45) is 5.10 Å². The van der Waals surface area contributed by atoms with Gasteiger partial charge in [0.25, 0.3) is 5.91 Å². The molecule has 1 atom stereocenters. The van der Waals surface area contributed by atoms with Gasteiger partial charge < -0.3 is 24.8 Å². The number of esters is 1. The number of hydrogen-bond acceptors (Lipinski definition) is 7. The molecular formula is C33H33ClN4O5S. The number of benzene rings is 3. The number of ether oxygens (including phenoxy) is 3. The molecule has 0 spiro atoms. The maximum Gasteiger partial charge on any atom is 0.338 e. The van der Waals surface area contributed by atoms with E-state index in [1.54, 1.807) is 38.1 Å². The van der Waals surface area contributed by atoms with E-state index < -0.39 is 17.9 Å². The first-order valence-corrected chi connectivity index (χ1v) is 14.7. The second-order valence-corrected chi connectivity index (χ2v) is 10.5. The van der Waals surface area contributed by atoms with E-state index in [0.29, 0.717) is 51.5 Å². The van der Waals surface area contributed by atoms with Gasteiger partial charge in [-0.2, -0.15) is 5.10 Å². The molecule has 0 fully saturated rings. The maximum atomic E-state index is 12.8. The van der Waals surface area contributed by atoms with E-state index in [1.165, 1.54) is 6.21 Å². The molecule has 3 N–H and O–H groups in total. The van der Waals surface area contributed by atoms with Gasteiger partial charge in [-0.25, -0.2) is 10.2 Å². The highest BCUT2D eigenvalue weighted by Gasteiger charge is 2.32. The second kappa shape index (κ2) is 15.7. The predicted molar refractivity (Wildman–Crippen MR) is 175 cm³/mol. The van der Waals surface area contributed by atoms with Crippen LogP contribution in [0, 0.1) is 0 Å². The minimum Gasteiger partial charge on any atom is -0.489 e. The summed E-state index contributed by atoms with van der Waals surface area (Å²) in [5.41, 5.74) is 6.64. The molecule has 0 unspecified atom stereocenters. The summed E-state index contributed by atoms with van der Waals surface area (Å²) in [4.78, 5) is 25.4. The third-order valence-corrected chi connectivity index (χ3v) is 7.13. The third kappa shape index (κ3) is 8.46. The molecular weight excluding hydrogens is 600 g/mol. The number of rotatable bonds is 13. The van der Waals surface area contributed by atoms with E-state index in [0.717, 1.165) is 16.7 Å². The van der Waals surface area contributed by atoms with E-state index >= 15 is 0 Å². The van der Waals surface area contributed by atoms with Crippen molar-refractivity contribution >= 4 is 47.0 Å². The molecule has 9 nitrogen and oxygen atoms in total. The summed E-state index contributed by atoms with van der Waals surface area (Å²) in [7, 11) is 0. The summed E-state index contributed by atoms with van der Waals surface area (Å²) in [6, 6.07) is 19.6. The van der Waals surface area contributed by atoms with E-state index in [4.69, 9.17) is 38.0 Å². The first-order valence-electron chi connectivity index (χ1n) is 13.9. The Hall–Kier alpha value is -4.67. The molecule has 44 heavy (non-hydrogen) atoms. The Bertz CT molecular complexity index is 1610. The van der Waals surface area contributed by atoms with Crippen LogP contribution < -0.4 is 25.5 Å². The molecule has 228 valence electrons. The number of hydrazone groups is 1. The van der Waals surface area contributed by atoms with Gasteiger partial charge in [0.05, 0.1) is 24.4 Å². The number of para-hydroxylation sites is 1. The number of carbonyl (C=O) groups excluding carboxylic acids is 2. The van der Waals surface area contributed by atoms with Crippen LogP contribution in [0.15, 0.2) is 95.8 Å². The maximum absolute atomic E-state index is 12.8. The van der Waals surface area contributed by atoms with Crippen LogP contribution in [0.2, 0.25) is 5.02 Å². The summed E-state index contributed by atoms with van der Waals surface area (Å²) < 4.78 is 17.1. The van der Waals surface area contributed by atoms with Gasteiger partial charge in [-0.05, 0) is 73.9 Å². The van der Waals surface area contributed by atoms with Crippen LogP contribution >= 0.6 is 23.8 Å². The SMILES string of the molecule is C=CCc1cc(C=NNC(=O)COc2ccccc2[C@@H]2NC(=S)NC(C)=C2C(=O)OCC)ccc1OCc1ccccc1Cl. The van der Waals surface area contributed by atoms with Crippen molar-refractivity contribution in [1.29, 1.82) is 0 Å². The van der Waals surface area contributed by atoms with Crippen LogP contribution in [-0.2, 0) is 27.4 Å². The van der Waals surface area contributed by atoms with Crippen LogP contribution in [0.5, 0.6) is 11.5 Å². The number of thiocarbonyl (C=S) groups is 1. The van der Waals surface area contributed by atoms with Gasteiger partial charge in [-0.1, -0.05) is 54.1 Å². The Morgan fingerprint density at radius 1 is 1.07 bits per heavy atom. The average molecular weight is 633 g/mol. The first-order chi connectivity index (χ1) is 21.3. The number of halogens is 1. The summed E-state index contributed by atoms with van der Waals surface area (Å²) in [6.45, 7) is 7.57. The fourth-order valence-electron chi connectivity index (χ4n) is 4.52. The Morgan fingerprint density at radius 3 is 2.61 bits per heavy atom. The fourth-order valence-corrected chi connectivity index (χ4v) is 4.98. The summed E-state index contributed by atoms with van der Waals surface area (Å²) >= 11 is 11.6. The molecule has 1 aliphatic rings. The number of nitrogens with zero attached hydrogens (tertiary/aromatic N) is 1. The Kier molecular flexibility index (Phi) is 11.5. The van der Waals surface area contributed by atoms with Crippen LogP contribution in [0.4, 0.5) is 0 Å². The van der Waals surface area contributed by atoms with E-state index in [1.807, 2.05) is 48.5 Å². The quantitative estimate of drug-likeness (QED) is 0.0742. The molecule has 3 aromatic rings. The molecule has 4 rings (SSSR count). The number of hydrogen-bond donors (Lipinski definition) is 3. The molecule has 3 aromatic carbocycles. The van der Waals surface area contributed by atoms with Crippen LogP contribution in [-0.4, -0.2) is 36.4 Å². The zero-order chi connectivity index (χ0) is 31.5. The molecule has 1 heterocycles. The van der Waals surface area contributed by atoms with Crippen molar-refractivity contribution in [2.75, 3.05) is 13.2 Å². The highest BCUT2D eigenvalue weighted by Crippen LogP contribution is 2.33. The average Bonchev–Trinajstić information content (AvgIpc) is 3.00. The molecule has 11 heteroatoms. The number of amides is 1. The molecule has 0 aromatic heterocycles. The lowest BCUT2D eigenvalue weighted by molar-refractivity contribution is -0.139. The van der Waals surface area contributed by atoms with Gasteiger partial charge in [0, 0.05) is 21.8 Å². The molecule has 1 amide bonds. The molecule has 1 aliphatic heterocycles. The minimum absolute atomic E-state index is 0.225. The number of carbonyl (C=O) groups is 2. The normalized spacial score (nSPS) is 14.4. The largest absolute Gasteiger partial charge is 0.489 e. The van der Waals surface area contributed by atoms with Crippen molar-refractivity contribution in [3.8, 4) is 11.5 Å². The Labute approximate surface area is 266 Å². The number of allylic oxidation sites excluding steroid dienone is 2. The molecule has 0 aliphatic carbocycles. The zero-order valence-electron chi connectivity index (χ0n) is 24.4. The highest BCUT2D eigenvalue weighted by atomic mass is 35.5. The minimum atomic E-state index is -0.624. The van der Waals surface area contributed by atoms with Crippen LogP contribution in [0.3, 0.4) is 0 Å². The molecule has 0 saturated heterocycles. The topological polar surface area (TPSA) is 110 Å². The van der Waals surface area contributed by atoms with E-state index in [-0.39, 0.29) is 13.2 Å². The van der Waals surface area contributed by atoms with Gasteiger partial charge in [-0.3, -0.25) is 4.79 Å².